The zero-order valence-electron chi connectivity index (χ0n) is 22.7. The van der Waals surface area contributed by atoms with Crippen LogP contribution in [0.2, 0.25) is 0 Å². The van der Waals surface area contributed by atoms with Gasteiger partial charge in [0.25, 0.3) is 0 Å². The predicted molar refractivity (Wildman–Crippen MR) is 136 cm³/mol. The molecule has 1 aliphatic rings. The maximum Gasteiger partial charge on any atom is 0.342 e. The number of amides is 1. The molecule has 0 radical (unpaired) electrons. The zero-order valence-corrected chi connectivity index (χ0v) is 22.7. The lowest BCUT2D eigenvalue weighted by Crippen LogP contribution is -2.61. The summed E-state index contributed by atoms with van der Waals surface area (Å²) in [6, 6.07) is 0. The number of Topliss-reactive ketones (excluding diaryl/α,β-unsaturated/α-hetero) is 1. The molecule has 34 heavy (non-hydrogen) atoms. The van der Waals surface area contributed by atoms with Gasteiger partial charge in [0, 0.05) is 11.8 Å². The van der Waals surface area contributed by atoms with Crippen LogP contribution >= 0.6 is 0 Å². The van der Waals surface area contributed by atoms with Crippen LogP contribution in [0.1, 0.15) is 130 Å². The van der Waals surface area contributed by atoms with Crippen molar-refractivity contribution in [3.63, 3.8) is 0 Å². The Bertz CT molecular complexity index is 600. The van der Waals surface area contributed by atoms with Gasteiger partial charge in [-0.3, -0.25) is 14.5 Å². The van der Waals surface area contributed by atoms with Gasteiger partial charge in [-0.1, -0.05) is 118 Å². The first-order chi connectivity index (χ1) is 16.3. The lowest BCUT2D eigenvalue weighted by Gasteiger charge is -2.37. The molecule has 1 heterocycles. The van der Waals surface area contributed by atoms with E-state index in [9.17, 15) is 14.4 Å². The summed E-state index contributed by atoms with van der Waals surface area (Å²) < 4.78 is 10.7. The number of unbranched alkanes of at least 4 members (excludes halogenated alkanes) is 14. The summed E-state index contributed by atoms with van der Waals surface area (Å²) in [6.45, 7) is 7.87. The van der Waals surface area contributed by atoms with Crippen molar-refractivity contribution in [1.29, 1.82) is 0 Å². The number of rotatable bonds is 19. The molecule has 1 rings (SSSR count). The highest BCUT2D eigenvalue weighted by molar-refractivity contribution is 6.10. The van der Waals surface area contributed by atoms with E-state index in [1.165, 1.54) is 89.1 Å². The van der Waals surface area contributed by atoms with Crippen LogP contribution in [0.25, 0.3) is 0 Å². The molecule has 2 atom stereocenters. The van der Waals surface area contributed by atoms with E-state index in [4.69, 9.17) is 9.47 Å². The minimum absolute atomic E-state index is 0.141. The van der Waals surface area contributed by atoms with Gasteiger partial charge in [0.15, 0.2) is 5.78 Å². The van der Waals surface area contributed by atoms with Gasteiger partial charge in [-0.2, -0.15) is 0 Å². The standard InChI is InChI=1S/C28H51NO5/c1-6-7-8-9-10-11-12-13-14-15-16-17-18-19-20-21-24(31)28(26(32)33-5)22-34-25(27(2,3)4)29(28)23-30/h23,25H,6-22H2,1-5H3/t25-,28-/m0/s1. The number of carbonyl (C=O) groups is 3. The summed E-state index contributed by atoms with van der Waals surface area (Å²) in [6.07, 6.45) is 18.9. The Morgan fingerprint density at radius 2 is 1.32 bits per heavy atom. The average Bonchev–Trinajstić information content (AvgIpc) is 3.22. The van der Waals surface area contributed by atoms with Crippen molar-refractivity contribution in [3.8, 4) is 0 Å². The van der Waals surface area contributed by atoms with Crippen molar-refractivity contribution in [1.82, 2.24) is 4.90 Å². The lowest BCUT2D eigenvalue weighted by atomic mass is 9.87. The molecule has 198 valence electrons. The van der Waals surface area contributed by atoms with E-state index in [1.807, 2.05) is 20.8 Å². The van der Waals surface area contributed by atoms with Gasteiger partial charge in [0.1, 0.15) is 6.23 Å². The van der Waals surface area contributed by atoms with Gasteiger partial charge >= 0.3 is 5.97 Å². The second-order valence-electron chi connectivity index (χ2n) is 11.0. The molecule has 1 aliphatic heterocycles. The molecule has 1 amide bonds. The number of nitrogens with zero attached hydrogens (tertiary/aromatic N) is 1. The Morgan fingerprint density at radius 3 is 1.71 bits per heavy atom. The maximum absolute atomic E-state index is 13.2. The van der Waals surface area contributed by atoms with Gasteiger partial charge in [-0.15, -0.1) is 0 Å². The number of hydrogen-bond donors (Lipinski definition) is 0. The van der Waals surface area contributed by atoms with Gasteiger partial charge in [0.05, 0.1) is 13.7 Å². The van der Waals surface area contributed by atoms with E-state index in [0.29, 0.717) is 12.8 Å². The highest BCUT2D eigenvalue weighted by Gasteiger charge is 2.60. The molecular formula is C28H51NO5. The summed E-state index contributed by atoms with van der Waals surface area (Å²) >= 11 is 0. The van der Waals surface area contributed by atoms with Gasteiger partial charge < -0.3 is 9.47 Å². The largest absolute Gasteiger partial charge is 0.467 e. The molecule has 0 aliphatic carbocycles. The third kappa shape index (κ3) is 9.31. The van der Waals surface area contributed by atoms with Crippen LogP contribution in [-0.2, 0) is 23.9 Å². The summed E-state index contributed by atoms with van der Waals surface area (Å²) in [4.78, 5) is 39.0. The third-order valence-corrected chi connectivity index (χ3v) is 6.99. The van der Waals surface area contributed by atoms with Crippen LogP contribution in [0.15, 0.2) is 0 Å². The summed E-state index contributed by atoms with van der Waals surface area (Å²) in [5.41, 5.74) is -2.09. The quantitative estimate of drug-likeness (QED) is 0.0900. The molecule has 1 fully saturated rings. The monoisotopic (exact) mass is 481 g/mol. The van der Waals surface area contributed by atoms with Gasteiger partial charge in [-0.25, -0.2) is 4.79 Å². The molecule has 0 aromatic rings. The van der Waals surface area contributed by atoms with Crippen molar-refractivity contribution in [3.05, 3.63) is 0 Å². The number of ether oxygens (including phenoxy) is 2. The van der Waals surface area contributed by atoms with Gasteiger partial charge in [0.2, 0.25) is 11.9 Å². The summed E-state index contributed by atoms with van der Waals surface area (Å²) in [5, 5.41) is 0. The zero-order chi connectivity index (χ0) is 25.5. The smallest absolute Gasteiger partial charge is 0.342 e. The topological polar surface area (TPSA) is 72.9 Å². The SMILES string of the molecule is CCCCCCCCCCCCCCCCCC(=O)[C@]1(C(=O)OC)CO[C@@H](C(C)(C)C)N1C=O. The molecule has 6 heteroatoms. The fourth-order valence-corrected chi connectivity index (χ4v) is 4.90. The van der Waals surface area contributed by atoms with Crippen molar-refractivity contribution in [2.45, 2.75) is 142 Å². The van der Waals surface area contributed by atoms with Crippen molar-refractivity contribution >= 4 is 18.2 Å². The van der Waals surface area contributed by atoms with E-state index in [2.05, 4.69) is 6.92 Å². The minimum atomic E-state index is -1.66. The molecule has 1 saturated heterocycles. The normalized spacial score (nSPS) is 20.5. The van der Waals surface area contributed by atoms with Crippen LogP contribution in [0.5, 0.6) is 0 Å². The first-order valence-corrected chi connectivity index (χ1v) is 13.7. The second kappa shape index (κ2) is 16.3. The third-order valence-electron chi connectivity index (χ3n) is 6.99. The Morgan fingerprint density at radius 1 is 0.882 bits per heavy atom. The molecule has 0 aromatic carbocycles. The predicted octanol–water partition coefficient (Wildman–Crippen LogP) is 6.59. The Hall–Kier alpha value is -1.43. The van der Waals surface area contributed by atoms with E-state index >= 15 is 0 Å². The fourth-order valence-electron chi connectivity index (χ4n) is 4.90. The maximum atomic E-state index is 13.2. The summed E-state index contributed by atoms with van der Waals surface area (Å²) in [7, 11) is 1.25. The van der Waals surface area contributed by atoms with Crippen molar-refractivity contribution < 1.29 is 23.9 Å². The number of methoxy groups -OCH3 is 1. The van der Waals surface area contributed by atoms with E-state index < -0.39 is 23.2 Å². The van der Waals surface area contributed by atoms with Crippen LogP contribution in [-0.4, -0.2) is 48.5 Å². The van der Waals surface area contributed by atoms with E-state index in [1.54, 1.807) is 0 Å². The second-order valence-corrected chi connectivity index (χ2v) is 11.0. The Kier molecular flexibility index (Phi) is 14.7. The fraction of sp³-hybridized carbons (Fsp3) is 0.893. The number of carbonyl (C=O) groups excluding carboxylic acids is 3. The first-order valence-electron chi connectivity index (χ1n) is 13.7. The number of ketones is 1. The Balaban J connectivity index is 2.27. The molecule has 6 nitrogen and oxygen atoms in total. The molecule has 0 bridgehead atoms. The molecule has 0 saturated carbocycles. The summed E-state index contributed by atoms with van der Waals surface area (Å²) in [5.74, 6) is -0.995. The van der Waals surface area contributed by atoms with Gasteiger partial charge in [-0.05, 0) is 6.42 Å². The average molecular weight is 482 g/mol. The molecule has 0 spiro atoms. The van der Waals surface area contributed by atoms with Crippen molar-refractivity contribution in [2.75, 3.05) is 13.7 Å². The minimum Gasteiger partial charge on any atom is -0.467 e. The lowest BCUT2D eigenvalue weighted by molar-refractivity contribution is -0.163. The molecule has 0 aromatic heterocycles. The molecule has 0 N–H and O–H groups in total. The highest BCUT2D eigenvalue weighted by Crippen LogP contribution is 2.38. The van der Waals surface area contributed by atoms with E-state index in [-0.39, 0.29) is 18.8 Å². The first kappa shape index (κ1) is 30.6. The van der Waals surface area contributed by atoms with Crippen LogP contribution < -0.4 is 0 Å². The molecular weight excluding hydrogens is 430 g/mol. The Labute approximate surface area is 208 Å². The van der Waals surface area contributed by atoms with Crippen LogP contribution in [0.3, 0.4) is 0 Å². The molecule has 0 unspecified atom stereocenters. The van der Waals surface area contributed by atoms with Crippen molar-refractivity contribution in [2.24, 2.45) is 5.41 Å². The number of hydrogen-bond acceptors (Lipinski definition) is 5. The van der Waals surface area contributed by atoms with Crippen LogP contribution in [0.4, 0.5) is 0 Å². The van der Waals surface area contributed by atoms with E-state index in [0.717, 1.165) is 12.8 Å². The van der Waals surface area contributed by atoms with Crippen LogP contribution in [0, 0.1) is 5.41 Å². The number of esters is 1. The highest BCUT2D eigenvalue weighted by atomic mass is 16.6.